The number of hydrogen-bond donors (Lipinski definition) is 0. The Morgan fingerprint density at radius 3 is 2.50 bits per heavy atom. The molecule has 2 rings (SSSR count). The summed E-state index contributed by atoms with van der Waals surface area (Å²) in [5.41, 5.74) is 1.95. The van der Waals surface area contributed by atoms with Gasteiger partial charge in [0.15, 0.2) is 11.6 Å². The summed E-state index contributed by atoms with van der Waals surface area (Å²) in [5.74, 6) is -0.432. The van der Waals surface area contributed by atoms with E-state index in [1.807, 2.05) is 26.0 Å². The van der Waals surface area contributed by atoms with Crippen molar-refractivity contribution in [1.82, 2.24) is 0 Å². The van der Waals surface area contributed by atoms with Gasteiger partial charge in [-0.2, -0.15) is 5.26 Å². The highest BCUT2D eigenvalue weighted by molar-refractivity contribution is 9.10. The number of benzene rings is 1. The normalized spacial score (nSPS) is 19.7. The fraction of sp³-hybridized carbons (Fsp3) is 0.400. The van der Waals surface area contributed by atoms with Gasteiger partial charge in [-0.05, 0) is 32.4 Å². The van der Waals surface area contributed by atoms with Crippen LogP contribution in [0.2, 0.25) is 0 Å². The molecule has 1 heterocycles. The van der Waals surface area contributed by atoms with E-state index in [9.17, 15) is 14.9 Å². The number of Topliss-reactive ketones (excluding diaryl/α,β-unsaturated/α-hetero) is 2. The maximum atomic E-state index is 12.4. The number of nitriles is 1. The molecule has 1 aliphatic heterocycles. The van der Waals surface area contributed by atoms with Crippen molar-refractivity contribution >= 4 is 44.3 Å². The lowest BCUT2D eigenvalue weighted by molar-refractivity contribution is -0.114. The molecule has 0 spiro atoms. The predicted octanol–water partition coefficient (Wildman–Crippen LogP) is 5.20. The largest absolute Gasteiger partial charge is 0.295 e. The average Bonchev–Trinajstić information content (AvgIpc) is 2.60. The van der Waals surface area contributed by atoms with E-state index < -0.39 is 5.92 Å². The van der Waals surface area contributed by atoms with Gasteiger partial charge in [0.25, 0.3) is 0 Å². The maximum absolute atomic E-state index is 12.4. The van der Waals surface area contributed by atoms with E-state index in [0.29, 0.717) is 21.9 Å². The van der Waals surface area contributed by atoms with Crippen LogP contribution in [0.15, 0.2) is 45.0 Å². The van der Waals surface area contributed by atoms with Gasteiger partial charge in [0.1, 0.15) is 5.92 Å². The molecular formula is C20H21BrN2O2S. The molecule has 0 bridgehead atoms. The molecule has 4 nitrogen and oxygen atoms in total. The third-order valence-electron chi connectivity index (χ3n) is 4.34. The first-order valence-electron chi connectivity index (χ1n) is 8.50. The van der Waals surface area contributed by atoms with Crippen molar-refractivity contribution in [3.05, 3.63) is 45.6 Å². The molecule has 1 aromatic rings. The topological polar surface area (TPSA) is 70.3 Å². The van der Waals surface area contributed by atoms with Crippen molar-refractivity contribution in [2.24, 2.45) is 16.8 Å². The zero-order chi connectivity index (χ0) is 19.3. The summed E-state index contributed by atoms with van der Waals surface area (Å²) >= 11 is 4.66. The third-order valence-corrected chi connectivity index (χ3v) is 5.92. The van der Waals surface area contributed by atoms with E-state index in [2.05, 4.69) is 27.0 Å². The molecule has 0 N–H and O–H groups in total. The van der Waals surface area contributed by atoms with E-state index >= 15 is 0 Å². The van der Waals surface area contributed by atoms with Crippen molar-refractivity contribution < 1.29 is 9.59 Å². The molecule has 0 saturated carbocycles. The Hall–Kier alpha value is -1.71. The summed E-state index contributed by atoms with van der Waals surface area (Å²) in [5, 5.41) is 10.3. The molecule has 2 unspecified atom stereocenters. The van der Waals surface area contributed by atoms with Crippen LogP contribution in [0.5, 0.6) is 0 Å². The van der Waals surface area contributed by atoms with Gasteiger partial charge >= 0.3 is 0 Å². The Kier molecular flexibility index (Phi) is 7.36. The Labute approximate surface area is 166 Å². The van der Waals surface area contributed by atoms with Gasteiger partial charge < -0.3 is 0 Å². The number of halogens is 1. The second-order valence-electron chi connectivity index (χ2n) is 6.23. The Balaban J connectivity index is 2.22. The van der Waals surface area contributed by atoms with Gasteiger partial charge in [0, 0.05) is 27.2 Å². The van der Waals surface area contributed by atoms with E-state index in [0.717, 1.165) is 17.3 Å². The quantitative estimate of drug-likeness (QED) is 0.579. The summed E-state index contributed by atoms with van der Waals surface area (Å²) in [4.78, 5) is 29.0. The molecule has 0 fully saturated rings. The molecule has 136 valence electrons. The molecular weight excluding hydrogens is 412 g/mol. The number of thioether (sulfide) groups is 1. The summed E-state index contributed by atoms with van der Waals surface area (Å²) in [6.45, 7) is 5.38. The zero-order valence-corrected chi connectivity index (χ0v) is 17.5. The predicted molar refractivity (Wildman–Crippen MR) is 109 cm³/mol. The second-order valence-corrected chi connectivity index (χ2v) is 8.14. The third kappa shape index (κ3) is 4.72. The molecule has 0 aromatic heterocycles. The minimum absolute atomic E-state index is 0.00655. The average molecular weight is 433 g/mol. The number of carbonyl (C=O) groups is 2. The number of aliphatic imine (C=N–C) groups is 1. The minimum Gasteiger partial charge on any atom is -0.295 e. The van der Waals surface area contributed by atoms with Gasteiger partial charge in [0.05, 0.1) is 16.9 Å². The molecule has 0 saturated heterocycles. The number of hydrogen-bond acceptors (Lipinski definition) is 5. The molecule has 6 heteroatoms. The SMILES string of the molecule is CCCC1C(C(C)=O)=C(C)N=C(SCC(=O)c2ccc(Br)cc2)C1C#N. The monoisotopic (exact) mass is 432 g/mol. The molecule has 0 radical (unpaired) electrons. The van der Waals surface area contributed by atoms with Gasteiger partial charge in [-0.25, -0.2) is 4.99 Å². The van der Waals surface area contributed by atoms with Crippen molar-refractivity contribution in [1.29, 1.82) is 5.26 Å². The van der Waals surface area contributed by atoms with Crippen LogP contribution in [-0.2, 0) is 4.79 Å². The number of nitrogens with zero attached hydrogens (tertiary/aromatic N) is 2. The van der Waals surface area contributed by atoms with Crippen LogP contribution in [0.4, 0.5) is 0 Å². The summed E-state index contributed by atoms with van der Waals surface area (Å²) in [6.07, 6.45) is 1.63. The van der Waals surface area contributed by atoms with Gasteiger partial charge in [0.2, 0.25) is 0 Å². The first-order valence-corrected chi connectivity index (χ1v) is 10.3. The lowest BCUT2D eigenvalue weighted by atomic mass is 9.79. The van der Waals surface area contributed by atoms with Gasteiger partial charge in [-0.1, -0.05) is 41.4 Å². The Morgan fingerprint density at radius 2 is 1.96 bits per heavy atom. The van der Waals surface area contributed by atoms with E-state index in [4.69, 9.17) is 0 Å². The number of allylic oxidation sites excluding steroid dienone is 2. The molecule has 1 aliphatic rings. The maximum Gasteiger partial charge on any atom is 0.173 e. The summed E-state index contributed by atoms with van der Waals surface area (Å²) in [6, 6.07) is 9.52. The minimum atomic E-state index is -0.472. The first-order chi connectivity index (χ1) is 12.4. The van der Waals surface area contributed by atoms with Gasteiger partial charge in [-0.15, -0.1) is 11.8 Å². The number of ketones is 2. The fourth-order valence-corrected chi connectivity index (χ4v) is 4.47. The highest BCUT2D eigenvalue weighted by atomic mass is 79.9. The second kappa shape index (κ2) is 9.29. The molecule has 1 aromatic carbocycles. The Morgan fingerprint density at radius 1 is 1.31 bits per heavy atom. The summed E-state index contributed by atoms with van der Waals surface area (Å²) in [7, 11) is 0. The fourth-order valence-electron chi connectivity index (χ4n) is 3.17. The van der Waals surface area contributed by atoms with Crippen molar-refractivity contribution in [2.75, 3.05) is 5.75 Å². The van der Waals surface area contributed by atoms with E-state index in [-0.39, 0.29) is 23.2 Å². The highest BCUT2D eigenvalue weighted by Crippen LogP contribution is 2.37. The van der Waals surface area contributed by atoms with Crippen LogP contribution < -0.4 is 0 Å². The van der Waals surface area contributed by atoms with Crippen LogP contribution in [0.1, 0.15) is 44.0 Å². The van der Waals surface area contributed by atoms with Crippen LogP contribution in [-0.4, -0.2) is 22.4 Å². The number of rotatable bonds is 6. The van der Waals surface area contributed by atoms with Gasteiger partial charge in [-0.3, -0.25) is 9.59 Å². The van der Waals surface area contributed by atoms with Crippen LogP contribution >= 0.6 is 27.7 Å². The number of carbonyl (C=O) groups excluding carboxylic acids is 2. The summed E-state index contributed by atoms with van der Waals surface area (Å²) < 4.78 is 0.919. The van der Waals surface area contributed by atoms with E-state index in [1.165, 1.54) is 18.7 Å². The van der Waals surface area contributed by atoms with Crippen LogP contribution in [0, 0.1) is 23.2 Å². The molecule has 0 aliphatic carbocycles. The van der Waals surface area contributed by atoms with E-state index in [1.54, 1.807) is 12.1 Å². The van der Waals surface area contributed by atoms with Crippen molar-refractivity contribution in [3.63, 3.8) is 0 Å². The Bertz CT molecular complexity index is 806. The molecule has 2 atom stereocenters. The van der Waals surface area contributed by atoms with Crippen LogP contribution in [0.3, 0.4) is 0 Å². The van der Waals surface area contributed by atoms with Crippen LogP contribution in [0.25, 0.3) is 0 Å². The zero-order valence-electron chi connectivity index (χ0n) is 15.1. The first kappa shape index (κ1) is 20.6. The smallest absolute Gasteiger partial charge is 0.173 e. The standard InChI is InChI=1S/C20H21BrN2O2S/c1-4-5-16-17(10-22)20(23-12(2)19(16)13(3)24)26-11-18(25)14-6-8-15(21)9-7-14/h6-9,16-17H,4-5,11H2,1-3H3. The highest BCUT2D eigenvalue weighted by Gasteiger charge is 2.35. The lowest BCUT2D eigenvalue weighted by Gasteiger charge is -2.29. The van der Waals surface area contributed by atoms with Crippen molar-refractivity contribution in [2.45, 2.75) is 33.6 Å². The van der Waals surface area contributed by atoms with Crippen molar-refractivity contribution in [3.8, 4) is 6.07 Å². The molecule has 26 heavy (non-hydrogen) atoms. The molecule has 0 amide bonds. The lowest BCUT2D eigenvalue weighted by Crippen LogP contribution is -2.30.